The number of benzene rings is 1. The normalized spacial score (nSPS) is 11.8. The van der Waals surface area contributed by atoms with Crippen molar-refractivity contribution in [3.05, 3.63) is 46.7 Å². The van der Waals surface area contributed by atoms with Crippen LogP contribution in [0.5, 0.6) is 0 Å². The number of nitrogens with one attached hydrogen (secondary N) is 1. The van der Waals surface area contributed by atoms with Gasteiger partial charge in [-0.05, 0) is 40.5 Å². The first kappa shape index (κ1) is 16.1. The second-order valence-corrected chi connectivity index (χ2v) is 6.90. The molecule has 0 atom stereocenters. The maximum Gasteiger partial charge on any atom is 0.243 e. The lowest BCUT2D eigenvalue weighted by Gasteiger charge is -2.08. The predicted molar refractivity (Wildman–Crippen MR) is 76.1 cm³/mol. The van der Waals surface area contributed by atoms with Crippen molar-refractivity contribution >= 4 is 26.0 Å². The number of sulfonamides is 1. The Bertz CT molecular complexity index is 734. The Hall–Kier alpha value is -1.32. The van der Waals surface area contributed by atoms with E-state index in [0.717, 1.165) is 16.6 Å². The minimum atomic E-state index is -4.07. The molecule has 0 aliphatic heterocycles. The fraction of sp³-hybridized carbons (Fsp3) is 0.250. The van der Waals surface area contributed by atoms with Gasteiger partial charge in [-0.25, -0.2) is 21.9 Å². The van der Waals surface area contributed by atoms with Gasteiger partial charge in [0.15, 0.2) is 0 Å². The van der Waals surface area contributed by atoms with Gasteiger partial charge in [0.2, 0.25) is 10.0 Å². The van der Waals surface area contributed by atoms with Crippen LogP contribution >= 0.6 is 15.9 Å². The Kier molecular flexibility index (Phi) is 5.07. The molecule has 0 saturated heterocycles. The maximum absolute atomic E-state index is 13.4. The summed E-state index contributed by atoms with van der Waals surface area (Å²) in [6.45, 7) is 0.593. The van der Waals surface area contributed by atoms with Crippen molar-refractivity contribution in [2.45, 2.75) is 17.9 Å². The van der Waals surface area contributed by atoms with E-state index in [1.165, 1.54) is 0 Å². The molecule has 114 valence electrons. The van der Waals surface area contributed by atoms with Crippen LogP contribution < -0.4 is 4.72 Å². The summed E-state index contributed by atoms with van der Waals surface area (Å²) in [5.74, 6) is -1.79. The van der Waals surface area contributed by atoms with Crippen LogP contribution in [0, 0.1) is 11.6 Å². The lowest BCUT2D eigenvalue weighted by atomic mass is 10.3. The van der Waals surface area contributed by atoms with Crippen molar-refractivity contribution in [3.8, 4) is 0 Å². The lowest BCUT2D eigenvalue weighted by molar-refractivity contribution is 0.535. The summed E-state index contributed by atoms with van der Waals surface area (Å²) in [6, 6.07) is 2.30. The topological polar surface area (TPSA) is 64.0 Å². The molecule has 1 N–H and O–H groups in total. The molecule has 2 aromatic rings. The highest BCUT2D eigenvalue weighted by Gasteiger charge is 2.19. The SMILES string of the molecule is O=S(=O)(NCCCn1cc(Br)cn1)c1cc(F)ccc1F. The summed E-state index contributed by atoms with van der Waals surface area (Å²) < 4.78 is 54.9. The van der Waals surface area contributed by atoms with E-state index in [1.807, 2.05) is 0 Å². The lowest BCUT2D eigenvalue weighted by Crippen LogP contribution is -2.26. The van der Waals surface area contributed by atoms with Crippen LogP contribution in [0.2, 0.25) is 0 Å². The van der Waals surface area contributed by atoms with Gasteiger partial charge in [0, 0.05) is 19.3 Å². The first-order chi connectivity index (χ1) is 9.88. The average molecular weight is 380 g/mol. The molecule has 0 amide bonds. The van der Waals surface area contributed by atoms with Gasteiger partial charge >= 0.3 is 0 Å². The Labute approximate surface area is 129 Å². The van der Waals surface area contributed by atoms with Crippen LogP contribution in [0.4, 0.5) is 8.78 Å². The van der Waals surface area contributed by atoms with Crippen molar-refractivity contribution in [1.29, 1.82) is 0 Å². The van der Waals surface area contributed by atoms with Gasteiger partial charge < -0.3 is 0 Å². The molecule has 2 rings (SSSR count). The Morgan fingerprint density at radius 3 is 2.76 bits per heavy atom. The number of aryl methyl sites for hydroxylation is 1. The number of hydrogen-bond donors (Lipinski definition) is 1. The molecule has 5 nitrogen and oxygen atoms in total. The summed E-state index contributed by atoms with van der Waals surface area (Å²) in [5.41, 5.74) is 0. The van der Waals surface area contributed by atoms with Crippen molar-refractivity contribution < 1.29 is 17.2 Å². The maximum atomic E-state index is 13.4. The van der Waals surface area contributed by atoms with Gasteiger partial charge in [0.05, 0.1) is 10.7 Å². The van der Waals surface area contributed by atoms with E-state index in [9.17, 15) is 17.2 Å². The van der Waals surface area contributed by atoms with Gasteiger partial charge in [-0.3, -0.25) is 4.68 Å². The molecular formula is C12H12BrF2N3O2S. The molecule has 0 spiro atoms. The molecule has 0 aliphatic rings. The first-order valence-electron chi connectivity index (χ1n) is 6.01. The van der Waals surface area contributed by atoms with E-state index >= 15 is 0 Å². The second-order valence-electron chi connectivity index (χ2n) is 4.25. The van der Waals surface area contributed by atoms with Crippen LogP contribution in [-0.2, 0) is 16.6 Å². The quantitative estimate of drug-likeness (QED) is 0.783. The van der Waals surface area contributed by atoms with Crippen LogP contribution in [0.15, 0.2) is 40.0 Å². The Morgan fingerprint density at radius 2 is 2.10 bits per heavy atom. The zero-order valence-electron chi connectivity index (χ0n) is 10.8. The first-order valence-corrected chi connectivity index (χ1v) is 8.29. The molecular weight excluding hydrogens is 368 g/mol. The Morgan fingerprint density at radius 1 is 1.33 bits per heavy atom. The number of aromatic nitrogens is 2. The van der Waals surface area contributed by atoms with Crippen molar-refractivity contribution in [2.75, 3.05) is 6.54 Å². The molecule has 0 bridgehead atoms. The van der Waals surface area contributed by atoms with Crippen LogP contribution in [0.1, 0.15) is 6.42 Å². The fourth-order valence-electron chi connectivity index (χ4n) is 1.67. The van der Waals surface area contributed by atoms with Gasteiger partial charge in [-0.2, -0.15) is 5.10 Å². The fourth-order valence-corrected chi connectivity index (χ4v) is 3.16. The van der Waals surface area contributed by atoms with Gasteiger partial charge in [0.1, 0.15) is 16.5 Å². The summed E-state index contributed by atoms with van der Waals surface area (Å²) in [5, 5.41) is 4.02. The highest BCUT2D eigenvalue weighted by molar-refractivity contribution is 9.10. The smallest absolute Gasteiger partial charge is 0.243 e. The van der Waals surface area contributed by atoms with E-state index in [-0.39, 0.29) is 6.54 Å². The highest BCUT2D eigenvalue weighted by Crippen LogP contribution is 2.15. The van der Waals surface area contributed by atoms with Crippen molar-refractivity contribution in [1.82, 2.24) is 14.5 Å². The molecule has 0 fully saturated rings. The average Bonchev–Trinajstić information content (AvgIpc) is 2.83. The van der Waals surface area contributed by atoms with Crippen molar-refractivity contribution in [3.63, 3.8) is 0 Å². The van der Waals surface area contributed by atoms with Gasteiger partial charge in [-0.15, -0.1) is 0 Å². The summed E-state index contributed by atoms with van der Waals surface area (Å²) >= 11 is 3.25. The zero-order chi connectivity index (χ0) is 15.5. The third-order valence-electron chi connectivity index (χ3n) is 2.64. The molecule has 0 radical (unpaired) electrons. The standard InChI is InChI=1S/C12H12BrF2N3O2S/c13-9-7-16-18(8-9)5-1-4-17-21(19,20)12-6-10(14)2-3-11(12)15/h2-3,6-8,17H,1,4-5H2. The third-order valence-corrected chi connectivity index (χ3v) is 4.53. The third kappa shape index (κ3) is 4.32. The number of hydrogen-bond acceptors (Lipinski definition) is 3. The molecule has 1 aromatic carbocycles. The molecule has 0 aliphatic carbocycles. The van der Waals surface area contributed by atoms with E-state index in [0.29, 0.717) is 19.0 Å². The molecule has 1 heterocycles. The van der Waals surface area contributed by atoms with Crippen LogP contribution in [0.3, 0.4) is 0 Å². The molecule has 21 heavy (non-hydrogen) atoms. The Balaban J connectivity index is 1.94. The number of nitrogens with zero attached hydrogens (tertiary/aromatic N) is 2. The minimum absolute atomic E-state index is 0.0930. The molecule has 1 aromatic heterocycles. The highest BCUT2D eigenvalue weighted by atomic mass is 79.9. The number of rotatable bonds is 6. The van der Waals surface area contributed by atoms with Crippen LogP contribution in [0.25, 0.3) is 0 Å². The molecule has 0 saturated carbocycles. The van der Waals surface area contributed by atoms with E-state index in [4.69, 9.17) is 0 Å². The molecule has 0 unspecified atom stereocenters. The van der Waals surface area contributed by atoms with Crippen molar-refractivity contribution in [2.24, 2.45) is 0 Å². The molecule has 9 heteroatoms. The second kappa shape index (κ2) is 6.63. The van der Waals surface area contributed by atoms with E-state index in [1.54, 1.807) is 17.1 Å². The summed E-state index contributed by atoms with van der Waals surface area (Å²) in [4.78, 5) is -0.690. The summed E-state index contributed by atoms with van der Waals surface area (Å²) in [7, 11) is -4.07. The summed E-state index contributed by atoms with van der Waals surface area (Å²) in [6.07, 6.45) is 3.83. The van der Waals surface area contributed by atoms with Crippen LogP contribution in [-0.4, -0.2) is 24.7 Å². The largest absolute Gasteiger partial charge is 0.272 e. The monoisotopic (exact) mass is 379 g/mol. The zero-order valence-corrected chi connectivity index (χ0v) is 13.2. The minimum Gasteiger partial charge on any atom is -0.272 e. The van der Waals surface area contributed by atoms with Gasteiger partial charge in [-0.1, -0.05) is 0 Å². The van der Waals surface area contributed by atoms with E-state index < -0.39 is 26.6 Å². The number of halogens is 3. The van der Waals surface area contributed by atoms with Gasteiger partial charge in [0.25, 0.3) is 0 Å². The van der Waals surface area contributed by atoms with E-state index in [2.05, 4.69) is 25.8 Å². The predicted octanol–water partition coefficient (Wildman–Crippen LogP) is 2.29.